The van der Waals surface area contributed by atoms with Crippen LogP contribution in [0.1, 0.15) is 17.0 Å². The van der Waals surface area contributed by atoms with Gasteiger partial charge in [0.2, 0.25) is 0 Å². The number of aromatic nitrogens is 1. The predicted octanol–water partition coefficient (Wildman–Crippen LogP) is 3.95. The lowest BCUT2D eigenvalue weighted by atomic mass is 10.0. The van der Waals surface area contributed by atoms with Gasteiger partial charge in [-0.3, -0.25) is 0 Å². The summed E-state index contributed by atoms with van der Waals surface area (Å²) in [6.07, 6.45) is -3.34. The zero-order valence-electron chi connectivity index (χ0n) is 12.1. The number of nitrogens with zero attached hydrogens (tertiary/aromatic N) is 1. The summed E-state index contributed by atoms with van der Waals surface area (Å²) >= 11 is 0. The molecule has 0 spiro atoms. The number of alkyl halides is 3. The van der Waals surface area contributed by atoms with Gasteiger partial charge in [-0.05, 0) is 25.1 Å². The van der Waals surface area contributed by atoms with E-state index in [4.69, 9.17) is 0 Å². The second kappa shape index (κ2) is 6.51. The highest BCUT2D eigenvalue weighted by atomic mass is 19.4. The largest absolute Gasteiger partial charge is 0.478 e. The Bertz CT molecular complexity index is 741. The number of hydrogen-bond acceptors (Lipinski definition) is 3. The lowest BCUT2D eigenvalue weighted by Crippen LogP contribution is -2.11. The molecule has 0 saturated heterocycles. The van der Waals surface area contributed by atoms with Crippen LogP contribution in [0.2, 0.25) is 0 Å². The van der Waals surface area contributed by atoms with Crippen LogP contribution in [-0.4, -0.2) is 16.1 Å². The molecular weight excluding hydrogens is 309 g/mol. The van der Waals surface area contributed by atoms with Gasteiger partial charge in [-0.2, -0.15) is 13.2 Å². The Hall–Kier alpha value is -2.83. The first-order chi connectivity index (χ1) is 10.8. The number of carbonyl (C=O) groups is 1. The minimum atomic E-state index is -4.57. The molecule has 0 radical (unpaired) electrons. The van der Waals surface area contributed by atoms with Gasteiger partial charge in [-0.25, -0.2) is 9.78 Å². The maximum absolute atomic E-state index is 12.6. The second-order valence-corrected chi connectivity index (χ2v) is 4.70. The zero-order chi connectivity index (χ0) is 17.0. The Kier molecular flexibility index (Phi) is 4.68. The van der Waals surface area contributed by atoms with E-state index < -0.39 is 17.8 Å². The topological polar surface area (TPSA) is 62.2 Å². The molecule has 2 aromatic rings. The highest BCUT2D eigenvalue weighted by Crippen LogP contribution is 2.29. The highest BCUT2D eigenvalue weighted by molar-refractivity contribution is 6.16. The Morgan fingerprint density at radius 3 is 2.35 bits per heavy atom. The number of halogens is 3. The van der Waals surface area contributed by atoms with Crippen molar-refractivity contribution in [3.63, 3.8) is 0 Å². The molecule has 0 aliphatic rings. The van der Waals surface area contributed by atoms with E-state index in [1.54, 1.807) is 30.3 Å². The molecule has 1 aromatic heterocycles. The Morgan fingerprint density at radius 1 is 1.17 bits per heavy atom. The lowest BCUT2D eigenvalue weighted by Gasteiger charge is -2.11. The molecule has 0 bridgehead atoms. The Balaban J connectivity index is 2.37. The summed E-state index contributed by atoms with van der Waals surface area (Å²) in [5.74, 6) is -1.27. The Morgan fingerprint density at radius 2 is 1.83 bits per heavy atom. The summed E-state index contributed by atoms with van der Waals surface area (Å²) in [6, 6.07) is 10.7. The van der Waals surface area contributed by atoms with Crippen molar-refractivity contribution in [1.29, 1.82) is 0 Å². The molecule has 0 amide bonds. The van der Waals surface area contributed by atoms with Gasteiger partial charge in [-0.15, -0.1) is 0 Å². The molecule has 120 valence electrons. The number of nitrogens with one attached hydrogen (secondary N) is 1. The van der Waals surface area contributed by atoms with E-state index in [0.717, 1.165) is 12.1 Å². The van der Waals surface area contributed by atoms with Crippen molar-refractivity contribution in [2.75, 3.05) is 5.32 Å². The number of pyridine rings is 1. The number of aliphatic carboxylic acids is 1. The van der Waals surface area contributed by atoms with E-state index >= 15 is 0 Å². The number of rotatable bonds is 4. The first-order valence-corrected chi connectivity index (χ1v) is 6.59. The minimum absolute atomic E-state index is 0.0108. The van der Waals surface area contributed by atoms with E-state index in [1.165, 1.54) is 13.1 Å². The van der Waals surface area contributed by atoms with Crippen LogP contribution >= 0.6 is 0 Å². The van der Waals surface area contributed by atoms with Gasteiger partial charge in [-0.1, -0.05) is 24.3 Å². The maximum Gasteiger partial charge on any atom is 0.433 e. The van der Waals surface area contributed by atoms with Gasteiger partial charge in [0.25, 0.3) is 0 Å². The van der Waals surface area contributed by atoms with Crippen LogP contribution in [0.4, 0.5) is 18.9 Å². The van der Waals surface area contributed by atoms with Crippen molar-refractivity contribution in [3.8, 4) is 0 Å². The number of carboxylic acids is 1. The number of para-hydroxylation sites is 1. The van der Waals surface area contributed by atoms with Crippen LogP contribution in [0.15, 0.2) is 48.7 Å². The smallest absolute Gasteiger partial charge is 0.433 e. The first kappa shape index (κ1) is 16.5. The molecule has 1 heterocycles. The fraction of sp³-hybridized carbons (Fsp3) is 0.125. The minimum Gasteiger partial charge on any atom is -0.478 e. The fourth-order valence-corrected chi connectivity index (χ4v) is 1.95. The molecule has 0 atom stereocenters. The van der Waals surface area contributed by atoms with E-state index in [-0.39, 0.29) is 16.8 Å². The summed E-state index contributed by atoms with van der Waals surface area (Å²) in [5, 5.41) is 12.1. The molecular formula is C16H13F3N2O2. The monoisotopic (exact) mass is 322 g/mol. The molecule has 4 nitrogen and oxygen atoms in total. The number of hydrogen-bond donors (Lipinski definition) is 2. The SMILES string of the molecule is Cc1nc(C(F)(F)F)ccc1C(=CNc1ccccc1)C(=O)O. The standard InChI is InChI=1S/C16H13F3N2O2/c1-10-12(7-8-14(21-10)16(17,18)19)13(15(22)23)9-20-11-5-3-2-4-6-11/h2-9,20H,1H3,(H,22,23). The number of anilines is 1. The molecule has 0 aliphatic heterocycles. The third-order valence-corrected chi connectivity index (χ3v) is 3.05. The predicted molar refractivity (Wildman–Crippen MR) is 79.7 cm³/mol. The fourth-order valence-electron chi connectivity index (χ4n) is 1.95. The van der Waals surface area contributed by atoms with Crippen molar-refractivity contribution < 1.29 is 23.1 Å². The van der Waals surface area contributed by atoms with Crippen LogP contribution in [0.5, 0.6) is 0 Å². The van der Waals surface area contributed by atoms with Crippen LogP contribution in [-0.2, 0) is 11.0 Å². The molecule has 0 saturated carbocycles. The average Bonchev–Trinajstić information content (AvgIpc) is 2.48. The van der Waals surface area contributed by atoms with E-state index in [0.29, 0.717) is 5.69 Å². The zero-order valence-corrected chi connectivity index (χ0v) is 12.1. The van der Waals surface area contributed by atoms with Crippen LogP contribution in [0.25, 0.3) is 5.57 Å². The molecule has 2 N–H and O–H groups in total. The van der Waals surface area contributed by atoms with Gasteiger partial charge in [0, 0.05) is 23.1 Å². The van der Waals surface area contributed by atoms with E-state index in [1.807, 2.05) is 0 Å². The van der Waals surface area contributed by atoms with Crippen molar-refractivity contribution >= 4 is 17.2 Å². The summed E-state index contributed by atoms with van der Waals surface area (Å²) in [7, 11) is 0. The normalized spacial score (nSPS) is 12.1. The van der Waals surface area contributed by atoms with Gasteiger partial charge >= 0.3 is 12.1 Å². The molecule has 7 heteroatoms. The third-order valence-electron chi connectivity index (χ3n) is 3.05. The second-order valence-electron chi connectivity index (χ2n) is 4.70. The van der Waals surface area contributed by atoms with E-state index in [9.17, 15) is 23.1 Å². The number of carboxylic acid groups (broad SMARTS) is 1. The summed E-state index contributed by atoms with van der Waals surface area (Å²) in [6.45, 7) is 1.34. The number of benzene rings is 1. The maximum atomic E-state index is 12.6. The van der Waals surface area contributed by atoms with Crippen LogP contribution < -0.4 is 5.32 Å². The molecule has 0 unspecified atom stereocenters. The van der Waals surface area contributed by atoms with Crippen molar-refractivity contribution in [1.82, 2.24) is 4.98 Å². The average molecular weight is 322 g/mol. The number of aryl methyl sites for hydroxylation is 1. The quantitative estimate of drug-likeness (QED) is 0.837. The Labute approximate surface area is 130 Å². The molecule has 2 rings (SSSR count). The summed E-state index contributed by atoms with van der Waals surface area (Å²) < 4.78 is 37.9. The van der Waals surface area contributed by atoms with Gasteiger partial charge in [0.1, 0.15) is 5.69 Å². The van der Waals surface area contributed by atoms with Crippen LogP contribution in [0.3, 0.4) is 0 Å². The molecule has 0 fully saturated rings. The molecule has 1 aromatic carbocycles. The first-order valence-electron chi connectivity index (χ1n) is 6.59. The lowest BCUT2D eigenvalue weighted by molar-refractivity contribution is -0.141. The van der Waals surface area contributed by atoms with E-state index in [2.05, 4.69) is 10.3 Å². The van der Waals surface area contributed by atoms with Gasteiger partial charge in [0.05, 0.1) is 5.57 Å². The van der Waals surface area contributed by atoms with Crippen LogP contribution in [0, 0.1) is 6.92 Å². The molecule has 0 aliphatic carbocycles. The van der Waals surface area contributed by atoms with Crippen molar-refractivity contribution in [2.24, 2.45) is 0 Å². The highest BCUT2D eigenvalue weighted by Gasteiger charge is 2.33. The third kappa shape index (κ3) is 4.09. The van der Waals surface area contributed by atoms with Crippen molar-refractivity contribution in [3.05, 3.63) is 65.6 Å². The van der Waals surface area contributed by atoms with Gasteiger partial charge < -0.3 is 10.4 Å². The van der Waals surface area contributed by atoms with Gasteiger partial charge in [0.15, 0.2) is 0 Å². The van der Waals surface area contributed by atoms with Crippen molar-refractivity contribution in [2.45, 2.75) is 13.1 Å². The summed E-state index contributed by atoms with van der Waals surface area (Å²) in [4.78, 5) is 14.8. The summed E-state index contributed by atoms with van der Waals surface area (Å²) in [5.41, 5.74) is -0.465. The molecule has 23 heavy (non-hydrogen) atoms.